The van der Waals surface area contributed by atoms with E-state index in [0.717, 1.165) is 31.9 Å². The Hall–Kier alpha value is -2.38. The summed E-state index contributed by atoms with van der Waals surface area (Å²) in [5.41, 5.74) is 1.01. The van der Waals surface area contributed by atoms with Crippen LogP contribution in [0.3, 0.4) is 0 Å². The molecule has 1 amide bonds. The van der Waals surface area contributed by atoms with Crippen LogP contribution in [0.1, 0.15) is 10.5 Å². The number of amides is 1. The number of hydrogen-bond acceptors (Lipinski definition) is 6. The van der Waals surface area contributed by atoms with Crippen LogP contribution in [-0.4, -0.2) is 47.2 Å². The van der Waals surface area contributed by atoms with E-state index in [0.29, 0.717) is 5.82 Å². The number of piperazine rings is 1. The minimum Gasteiger partial charge on any atom is -0.505 e. The van der Waals surface area contributed by atoms with Crippen molar-refractivity contribution in [3.63, 3.8) is 0 Å². The number of aromatic hydroxyl groups is 1. The standard InChI is InChI=1S/C15H17N5O2.ClH/c21-12-2-1-5-17-14(12)15(22)19-13-4-3-11(10-18-13)20-8-6-16-7-9-20;/h1-5,10,16,21H,6-9H2,(H,18,19,22);1H. The summed E-state index contributed by atoms with van der Waals surface area (Å²) in [4.78, 5) is 22.4. The van der Waals surface area contributed by atoms with Crippen molar-refractivity contribution in [1.29, 1.82) is 0 Å². The molecule has 1 aliphatic heterocycles. The summed E-state index contributed by atoms with van der Waals surface area (Å²) in [5, 5.41) is 15.5. The SMILES string of the molecule is Cl.O=C(Nc1ccc(N2CCNCC2)cn1)c1ncccc1O. The van der Waals surface area contributed by atoms with Gasteiger partial charge in [0.1, 0.15) is 11.6 Å². The topological polar surface area (TPSA) is 90.4 Å². The Kier molecular flexibility index (Phi) is 5.72. The molecule has 0 saturated carbocycles. The summed E-state index contributed by atoms with van der Waals surface area (Å²) in [6.45, 7) is 3.79. The first-order valence-corrected chi connectivity index (χ1v) is 7.11. The van der Waals surface area contributed by atoms with Crippen LogP contribution in [-0.2, 0) is 0 Å². The molecule has 0 aliphatic carbocycles. The summed E-state index contributed by atoms with van der Waals surface area (Å²) < 4.78 is 0. The van der Waals surface area contributed by atoms with E-state index in [2.05, 4.69) is 25.5 Å². The monoisotopic (exact) mass is 335 g/mol. The first kappa shape index (κ1) is 17.0. The lowest BCUT2D eigenvalue weighted by Crippen LogP contribution is -2.43. The zero-order valence-electron chi connectivity index (χ0n) is 12.4. The molecular weight excluding hydrogens is 318 g/mol. The van der Waals surface area contributed by atoms with E-state index in [1.54, 1.807) is 18.3 Å². The largest absolute Gasteiger partial charge is 0.505 e. The van der Waals surface area contributed by atoms with Gasteiger partial charge in [0.2, 0.25) is 0 Å². The third kappa shape index (κ3) is 4.08. The third-order valence-electron chi connectivity index (χ3n) is 3.47. The van der Waals surface area contributed by atoms with Gasteiger partial charge in [-0.15, -0.1) is 12.4 Å². The predicted octanol–water partition coefficient (Wildman–Crippen LogP) is 1.27. The molecule has 3 N–H and O–H groups in total. The van der Waals surface area contributed by atoms with Crippen LogP contribution < -0.4 is 15.5 Å². The van der Waals surface area contributed by atoms with E-state index in [4.69, 9.17) is 0 Å². The van der Waals surface area contributed by atoms with Crippen molar-refractivity contribution in [2.45, 2.75) is 0 Å². The molecule has 8 heteroatoms. The van der Waals surface area contributed by atoms with E-state index >= 15 is 0 Å². The predicted molar refractivity (Wildman–Crippen MR) is 90.4 cm³/mol. The van der Waals surface area contributed by atoms with Gasteiger partial charge in [-0.1, -0.05) is 0 Å². The van der Waals surface area contributed by atoms with Crippen molar-refractivity contribution >= 4 is 29.8 Å². The van der Waals surface area contributed by atoms with Gasteiger partial charge in [-0.3, -0.25) is 4.79 Å². The molecule has 0 radical (unpaired) electrons. The maximum Gasteiger partial charge on any atom is 0.279 e. The van der Waals surface area contributed by atoms with E-state index in [1.807, 2.05) is 6.07 Å². The Morgan fingerprint density at radius 3 is 2.65 bits per heavy atom. The molecule has 2 aromatic rings. The Balaban J connectivity index is 0.00000192. The molecular formula is C15H18ClN5O2. The number of aromatic nitrogens is 2. The number of carbonyl (C=O) groups is 1. The summed E-state index contributed by atoms with van der Waals surface area (Å²) in [6, 6.07) is 6.65. The first-order valence-electron chi connectivity index (χ1n) is 7.11. The van der Waals surface area contributed by atoms with E-state index in [-0.39, 0.29) is 23.9 Å². The van der Waals surface area contributed by atoms with E-state index < -0.39 is 5.91 Å². The van der Waals surface area contributed by atoms with Crippen LogP contribution in [0.15, 0.2) is 36.7 Å². The van der Waals surface area contributed by atoms with Gasteiger partial charge in [0, 0.05) is 32.4 Å². The Labute approximate surface area is 140 Å². The average molecular weight is 336 g/mol. The quantitative estimate of drug-likeness (QED) is 0.782. The molecule has 3 heterocycles. The van der Waals surface area contributed by atoms with Crippen molar-refractivity contribution in [1.82, 2.24) is 15.3 Å². The van der Waals surface area contributed by atoms with Gasteiger partial charge in [-0.05, 0) is 24.3 Å². The molecule has 1 aliphatic rings. The molecule has 0 unspecified atom stereocenters. The highest BCUT2D eigenvalue weighted by molar-refractivity contribution is 6.04. The second-order valence-electron chi connectivity index (χ2n) is 4.96. The third-order valence-corrected chi connectivity index (χ3v) is 3.47. The molecule has 0 bridgehead atoms. The molecule has 0 aromatic carbocycles. The number of hydrogen-bond donors (Lipinski definition) is 3. The molecule has 2 aromatic heterocycles. The fraction of sp³-hybridized carbons (Fsp3) is 0.267. The lowest BCUT2D eigenvalue weighted by Gasteiger charge is -2.29. The van der Waals surface area contributed by atoms with Crippen molar-refractivity contribution in [3.8, 4) is 5.75 Å². The van der Waals surface area contributed by atoms with Gasteiger partial charge in [0.05, 0.1) is 11.9 Å². The van der Waals surface area contributed by atoms with Crippen LogP contribution >= 0.6 is 12.4 Å². The normalized spacial score (nSPS) is 14.0. The number of carbonyl (C=O) groups excluding carboxylic acids is 1. The second kappa shape index (κ2) is 7.75. The molecule has 7 nitrogen and oxygen atoms in total. The highest BCUT2D eigenvalue weighted by atomic mass is 35.5. The average Bonchev–Trinajstić information content (AvgIpc) is 2.57. The number of rotatable bonds is 3. The van der Waals surface area contributed by atoms with Crippen LogP contribution in [0.2, 0.25) is 0 Å². The lowest BCUT2D eigenvalue weighted by atomic mass is 10.3. The smallest absolute Gasteiger partial charge is 0.279 e. The van der Waals surface area contributed by atoms with Crippen molar-refractivity contribution < 1.29 is 9.90 Å². The molecule has 0 atom stereocenters. The minimum atomic E-state index is -0.486. The molecule has 3 rings (SSSR count). The van der Waals surface area contributed by atoms with E-state index in [9.17, 15) is 9.90 Å². The second-order valence-corrected chi connectivity index (χ2v) is 4.96. The zero-order valence-corrected chi connectivity index (χ0v) is 13.2. The van der Waals surface area contributed by atoms with Crippen molar-refractivity contribution in [3.05, 3.63) is 42.4 Å². The van der Waals surface area contributed by atoms with Gasteiger partial charge in [-0.2, -0.15) is 0 Å². The Morgan fingerprint density at radius 1 is 1.22 bits per heavy atom. The first-order chi connectivity index (χ1) is 10.7. The Morgan fingerprint density at radius 2 is 2.00 bits per heavy atom. The molecule has 1 saturated heterocycles. The highest BCUT2D eigenvalue weighted by Gasteiger charge is 2.14. The van der Waals surface area contributed by atoms with Gasteiger partial charge in [-0.25, -0.2) is 9.97 Å². The zero-order chi connectivity index (χ0) is 15.4. The highest BCUT2D eigenvalue weighted by Crippen LogP contribution is 2.17. The lowest BCUT2D eigenvalue weighted by molar-refractivity contribution is 0.101. The van der Waals surface area contributed by atoms with Crippen LogP contribution in [0, 0.1) is 0 Å². The van der Waals surface area contributed by atoms with Crippen molar-refractivity contribution in [2.24, 2.45) is 0 Å². The fourth-order valence-electron chi connectivity index (χ4n) is 2.32. The summed E-state index contributed by atoms with van der Waals surface area (Å²) in [6.07, 6.45) is 3.19. The molecule has 23 heavy (non-hydrogen) atoms. The van der Waals surface area contributed by atoms with Crippen LogP contribution in [0.25, 0.3) is 0 Å². The van der Waals surface area contributed by atoms with Gasteiger partial charge >= 0.3 is 0 Å². The molecule has 0 spiro atoms. The number of nitrogens with zero attached hydrogens (tertiary/aromatic N) is 3. The van der Waals surface area contributed by atoms with Crippen molar-refractivity contribution in [2.75, 3.05) is 36.4 Å². The van der Waals surface area contributed by atoms with Gasteiger partial charge in [0.25, 0.3) is 5.91 Å². The minimum absolute atomic E-state index is 0. The number of halogens is 1. The summed E-state index contributed by atoms with van der Waals surface area (Å²) in [5.74, 6) is -0.216. The van der Waals surface area contributed by atoms with Crippen LogP contribution in [0.5, 0.6) is 5.75 Å². The number of anilines is 2. The number of pyridine rings is 2. The molecule has 1 fully saturated rings. The Bertz CT molecular complexity index is 659. The fourth-order valence-corrected chi connectivity index (χ4v) is 2.32. The van der Waals surface area contributed by atoms with Gasteiger partial charge in [0.15, 0.2) is 5.69 Å². The summed E-state index contributed by atoms with van der Waals surface area (Å²) >= 11 is 0. The summed E-state index contributed by atoms with van der Waals surface area (Å²) in [7, 11) is 0. The number of nitrogens with one attached hydrogen (secondary N) is 2. The van der Waals surface area contributed by atoms with E-state index in [1.165, 1.54) is 12.3 Å². The maximum atomic E-state index is 12.0. The maximum absolute atomic E-state index is 12.0. The van der Waals surface area contributed by atoms with Crippen LogP contribution in [0.4, 0.5) is 11.5 Å². The molecule has 122 valence electrons. The van der Waals surface area contributed by atoms with Gasteiger partial charge < -0.3 is 20.6 Å².